The third kappa shape index (κ3) is 3.47. The fraction of sp³-hybridized carbons (Fsp3) is 0.562. The average Bonchev–Trinajstić information content (AvgIpc) is 2.45. The van der Waals surface area contributed by atoms with E-state index in [-0.39, 0.29) is 11.9 Å². The molecule has 1 atom stereocenters. The molecule has 0 bridgehead atoms. The van der Waals surface area contributed by atoms with E-state index in [0.717, 1.165) is 31.6 Å². The number of benzene rings is 1. The van der Waals surface area contributed by atoms with E-state index in [1.807, 2.05) is 43.1 Å². The third-order valence-electron chi connectivity index (χ3n) is 4.22. The number of hydrogen-bond donors (Lipinski definition) is 1. The van der Waals surface area contributed by atoms with E-state index in [2.05, 4.69) is 11.9 Å². The van der Waals surface area contributed by atoms with E-state index in [9.17, 15) is 4.79 Å². The van der Waals surface area contributed by atoms with Crippen molar-refractivity contribution in [1.29, 1.82) is 0 Å². The number of carbonyl (C=O) groups excluding carboxylic acids is 1. The van der Waals surface area contributed by atoms with Crippen LogP contribution >= 0.6 is 0 Å². The number of nitrogen functional groups attached to an aromatic ring is 1. The molecule has 21 heavy (non-hydrogen) atoms. The molecule has 1 aromatic rings. The van der Waals surface area contributed by atoms with Gasteiger partial charge in [-0.25, -0.2) is 0 Å². The van der Waals surface area contributed by atoms with Gasteiger partial charge in [0.15, 0.2) is 0 Å². The summed E-state index contributed by atoms with van der Waals surface area (Å²) in [6.07, 6.45) is 2.21. The average molecular weight is 290 g/mol. The van der Waals surface area contributed by atoms with Crippen molar-refractivity contribution in [3.63, 3.8) is 0 Å². The van der Waals surface area contributed by atoms with Gasteiger partial charge in [-0.1, -0.05) is 0 Å². The SMILES string of the molecule is CN1CCCC(N(C)C(=O)c2ccc(N(C)C)c(N)c2)C1. The Balaban J connectivity index is 2.13. The molecule has 1 aromatic carbocycles. The predicted octanol–water partition coefficient (Wildman–Crippen LogP) is 1.50. The standard InChI is InChI=1S/C16H26N4O/c1-18(2)15-8-7-12(10-14(15)17)16(21)20(4)13-6-5-9-19(3)11-13/h7-8,10,13H,5-6,9,11,17H2,1-4H3. The van der Waals surface area contributed by atoms with Crippen LogP contribution in [0, 0.1) is 0 Å². The first kappa shape index (κ1) is 15.6. The number of likely N-dealkylation sites (tertiary alicyclic amines) is 1. The highest BCUT2D eigenvalue weighted by molar-refractivity contribution is 5.96. The second-order valence-corrected chi connectivity index (χ2v) is 6.14. The van der Waals surface area contributed by atoms with Gasteiger partial charge in [-0.3, -0.25) is 4.79 Å². The minimum Gasteiger partial charge on any atom is -0.397 e. The Hall–Kier alpha value is -1.75. The molecule has 1 aliphatic rings. The van der Waals surface area contributed by atoms with Crippen LogP contribution < -0.4 is 10.6 Å². The maximum Gasteiger partial charge on any atom is 0.253 e. The second-order valence-electron chi connectivity index (χ2n) is 6.14. The predicted molar refractivity (Wildman–Crippen MR) is 87.8 cm³/mol. The van der Waals surface area contributed by atoms with Crippen molar-refractivity contribution in [2.75, 3.05) is 51.9 Å². The molecule has 5 nitrogen and oxygen atoms in total. The third-order valence-corrected chi connectivity index (χ3v) is 4.22. The van der Waals surface area contributed by atoms with Crippen LogP contribution in [0.15, 0.2) is 18.2 Å². The summed E-state index contributed by atoms with van der Waals surface area (Å²) in [6, 6.07) is 5.83. The van der Waals surface area contributed by atoms with Crippen LogP contribution in [0.4, 0.5) is 11.4 Å². The summed E-state index contributed by atoms with van der Waals surface area (Å²) in [5.41, 5.74) is 8.28. The molecule has 1 amide bonds. The number of likely N-dealkylation sites (N-methyl/N-ethyl adjacent to an activating group) is 2. The molecule has 2 N–H and O–H groups in total. The van der Waals surface area contributed by atoms with Crippen molar-refractivity contribution in [3.05, 3.63) is 23.8 Å². The first-order valence-electron chi connectivity index (χ1n) is 7.42. The van der Waals surface area contributed by atoms with Gasteiger partial charge in [-0.2, -0.15) is 0 Å². The molecule has 1 fully saturated rings. The Morgan fingerprint density at radius 3 is 2.62 bits per heavy atom. The van der Waals surface area contributed by atoms with Gasteiger partial charge in [-0.15, -0.1) is 0 Å². The van der Waals surface area contributed by atoms with Gasteiger partial charge in [0.1, 0.15) is 0 Å². The molecule has 0 spiro atoms. The van der Waals surface area contributed by atoms with Gasteiger partial charge in [-0.05, 0) is 44.6 Å². The molecule has 1 unspecified atom stereocenters. The lowest BCUT2D eigenvalue weighted by Crippen LogP contribution is -2.47. The van der Waals surface area contributed by atoms with Gasteiger partial charge in [0.25, 0.3) is 5.91 Å². The summed E-state index contributed by atoms with van der Waals surface area (Å²) >= 11 is 0. The summed E-state index contributed by atoms with van der Waals surface area (Å²) < 4.78 is 0. The van der Waals surface area contributed by atoms with Crippen LogP contribution in [0.3, 0.4) is 0 Å². The van der Waals surface area contributed by atoms with Crippen LogP contribution in [0.5, 0.6) is 0 Å². The Kier molecular flexibility index (Phi) is 4.73. The van der Waals surface area contributed by atoms with E-state index >= 15 is 0 Å². The van der Waals surface area contributed by atoms with Crippen LogP contribution in [0.1, 0.15) is 23.2 Å². The maximum atomic E-state index is 12.6. The fourth-order valence-electron chi connectivity index (χ4n) is 2.92. The number of carbonyl (C=O) groups is 1. The van der Waals surface area contributed by atoms with E-state index in [4.69, 9.17) is 5.73 Å². The van der Waals surface area contributed by atoms with E-state index in [0.29, 0.717) is 11.3 Å². The Labute approximate surface area is 127 Å². The zero-order valence-corrected chi connectivity index (χ0v) is 13.5. The van der Waals surface area contributed by atoms with E-state index in [1.54, 1.807) is 6.07 Å². The number of amides is 1. The Morgan fingerprint density at radius 1 is 1.33 bits per heavy atom. The van der Waals surface area contributed by atoms with Crippen LogP contribution in [0.25, 0.3) is 0 Å². The fourth-order valence-corrected chi connectivity index (χ4v) is 2.92. The molecular weight excluding hydrogens is 264 g/mol. The maximum absolute atomic E-state index is 12.6. The highest BCUT2D eigenvalue weighted by atomic mass is 16.2. The number of nitrogens with two attached hydrogens (primary N) is 1. The number of hydrogen-bond acceptors (Lipinski definition) is 4. The number of piperidine rings is 1. The lowest BCUT2D eigenvalue weighted by atomic mass is 10.0. The normalized spacial score (nSPS) is 19.3. The monoisotopic (exact) mass is 290 g/mol. The number of nitrogens with zero attached hydrogens (tertiary/aromatic N) is 3. The minimum atomic E-state index is 0.0484. The highest BCUT2D eigenvalue weighted by Gasteiger charge is 2.25. The first-order valence-corrected chi connectivity index (χ1v) is 7.42. The van der Waals surface area contributed by atoms with Crippen LogP contribution in [-0.4, -0.2) is 63.0 Å². The van der Waals surface area contributed by atoms with Crippen molar-refractivity contribution in [1.82, 2.24) is 9.80 Å². The molecule has 0 aliphatic carbocycles. The summed E-state index contributed by atoms with van der Waals surface area (Å²) in [5, 5.41) is 0. The Morgan fingerprint density at radius 2 is 2.05 bits per heavy atom. The first-order chi connectivity index (χ1) is 9.90. The van der Waals surface area contributed by atoms with Gasteiger partial charge in [0.2, 0.25) is 0 Å². The smallest absolute Gasteiger partial charge is 0.253 e. The zero-order valence-electron chi connectivity index (χ0n) is 13.5. The van der Waals surface area contributed by atoms with Gasteiger partial charge < -0.3 is 20.4 Å². The van der Waals surface area contributed by atoms with Crippen LogP contribution in [0.2, 0.25) is 0 Å². The van der Waals surface area contributed by atoms with Gasteiger partial charge >= 0.3 is 0 Å². The lowest BCUT2D eigenvalue weighted by molar-refractivity contribution is 0.0644. The lowest BCUT2D eigenvalue weighted by Gasteiger charge is -2.36. The molecule has 2 rings (SSSR count). The summed E-state index contributed by atoms with van der Waals surface area (Å²) in [5.74, 6) is 0.0484. The van der Waals surface area contributed by atoms with Crippen molar-refractivity contribution < 1.29 is 4.79 Å². The molecule has 1 saturated heterocycles. The molecular formula is C16H26N4O. The number of anilines is 2. The quantitative estimate of drug-likeness (QED) is 0.857. The summed E-state index contributed by atoms with van der Waals surface area (Å²) in [4.78, 5) is 18.7. The molecule has 1 aliphatic heterocycles. The Bertz CT molecular complexity index is 515. The van der Waals surface area contributed by atoms with Crippen molar-refractivity contribution in [2.45, 2.75) is 18.9 Å². The van der Waals surface area contributed by atoms with Crippen molar-refractivity contribution >= 4 is 17.3 Å². The van der Waals surface area contributed by atoms with Crippen molar-refractivity contribution in [2.24, 2.45) is 0 Å². The molecule has 5 heteroatoms. The van der Waals surface area contributed by atoms with Crippen molar-refractivity contribution in [3.8, 4) is 0 Å². The topological polar surface area (TPSA) is 52.8 Å². The number of rotatable bonds is 3. The molecule has 1 heterocycles. The highest BCUT2D eigenvalue weighted by Crippen LogP contribution is 2.24. The summed E-state index contributed by atoms with van der Waals surface area (Å²) in [7, 11) is 7.88. The molecule has 116 valence electrons. The van der Waals surface area contributed by atoms with E-state index < -0.39 is 0 Å². The van der Waals surface area contributed by atoms with E-state index in [1.165, 1.54) is 0 Å². The molecule has 0 radical (unpaired) electrons. The van der Waals surface area contributed by atoms with Crippen LogP contribution in [-0.2, 0) is 0 Å². The minimum absolute atomic E-state index is 0.0484. The molecule has 0 aromatic heterocycles. The zero-order chi connectivity index (χ0) is 15.6. The van der Waals surface area contributed by atoms with Gasteiger partial charge in [0, 0.05) is 39.3 Å². The molecule has 0 saturated carbocycles. The summed E-state index contributed by atoms with van der Waals surface area (Å²) in [6.45, 7) is 2.05. The largest absolute Gasteiger partial charge is 0.397 e. The second kappa shape index (κ2) is 6.35. The van der Waals surface area contributed by atoms with Gasteiger partial charge in [0.05, 0.1) is 11.4 Å².